The van der Waals surface area contributed by atoms with Crippen LogP contribution in [0, 0.1) is 18.8 Å². The summed E-state index contributed by atoms with van der Waals surface area (Å²) in [6, 6.07) is 14.4. The zero-order chi connectivity index (χ0) is 20.1. The number of fused-ring (bicyclic) bond motifs is 1. The van der Waals surface area contributed by atoms with E-state index in [2.05, 4.69) is 0 Å². The Morgan fingerprint density at radius 2 is 1.82 bits per heavy atom. The van der Waals surface area contributed by atoms with Crippen LogP contribution in [-0.2, 0) is 19.6 Å². The number of esters is 1. The largest absolute Gasteiger partial charge is 0.466 e. The van der Waals surface area contributed by atoms with E-state index >= 15 is 0 Å². The van der Waals surface area contributed by atoms with E-state index in [0.717, 1.165) is 16.5 Å². The average molecular weight is 397 g/mol. The maximum Gasteiger partial charge on any atom is 0.309 e. The van der Waals surface area contributed by atoms with Crippen molar-refractivity contribution in [2.45, 2.75) is 31.6 Å². The van der Waals surface area contributed by atoms with Gasteiger partial charge in [0.2, 0.25) is 0 Å². The zero-order valence-corrected chi connectivity index (χ0v) is 16.9. The lowest BCUT2D eigenvalue weighted by atomic mass is 10.1. The number of hydrogen-bond donors (Lipinski definition) is 0. The Bertz CT molecular complexity index is 1140. The summed E-state index contributed by atoms with van der Waals surface area (Å²) in [6.07, 6.45) is 1.59. The number of hydrogen-bond acceptors (Lipinski definition) is 4. The fraction of sp³-hybridized carbons (Fsp3) is 0.318. The van der Waals surface area contributed by atoms with Crippen molar-refractivity contribution in [3.8, 4) is 0 Å². The molecule has 0 amide bonds. The molecule has 4 rings (SSSR count). The van der Waals surface area contributed by atoms with Crippen LogP contribution >= 0.6 is 0 Å². The summed E-state index contributed by atoms with van der Waals surface area (Å²) in [6.45, 7) is 6.16. The number of aryl methyl sites for hydroxylation is 1. The van der Waals surface area contributed by atoms with Gasteiger partial charge in [0, 0.05) is 17.5 Å². The summed E-state index contributed by atoms with van der Waals surface area (Å²) in [7, 11) is -3.66. The molecule has 1 aromatic heterocycles. The van der Waals surface area contributed by atoms with E-state index in [4.69, 9.17) is 4.74 Å². The molecule has 0 radical (unpaired) electrons. The van der Waals surface area contributed by atoms with Gasteiger partial charge in [-0.1, -0.05) is 30.7 Å². The molecule has 28 heavy (non-hydrogen) atoms. The van der Waals surface area contributed by atoms with Gasteiger partial charge in [-0.05, 0) is 55.7 Å². The predicted molar refractivity (Wildman–Crippen MR) is 108 cm³/mol. The second kappa shape index (κ2) is 6.78. The highest BCUT2D eigenvalue weighted by atomic mass is 32.2. The molecule has 3 unspecified atom stereocenters. The first kappa shape index (κ1) is 18.7. The third-order valence-electron chi connectivity index (χ3n) is 5.58. The van der Waals surface area contributed by atoms with Gasteiger partial charge in [0.25, 0.3) is 10.0 Å². The van der Waals surface area contributed by atoms with Gasteiger partial charge in [0.1, 0.15) is 0 Å². The summed E-state index contributed by atoms with van der Waals surface area (Å²) in [5.74, 6) is 0.0887. The number of ether oxygens (including phenoxy) is 1. The zero-order valence-electron chi connectivity index (χ0n) is 16.1. The van der Waals surface area contributed by atoms with Crippen LogP contribution in [0.4, 0.5) is 0 Å². The van der Waals surface area contributed by atoms with Crippen LogP contribution in [0.3, 0.4) is 0 Å². The Hall–Kier alpha value is -2.60. The monoisotopic (exact) mass is 397 g/mol. The van der Waals surface area contributed by atoms with Gasteiger partial charge < -0.3 is 4.74 Å². The summed E-state index contributed by atoms with van der Waals surface area (Å²) in [5, 5.41) is 0.842. The van der Waals surface area contributed by atoms with E-state index in [9.17, 15) is 13.2 Å². The van der Waals surface area contributed by atoms with Crippen molar-refractivity contribution in [1.29, 1.82) is 0 Å². The van der Waals surface area contributed by atoms with Crippen molar-refractivity contribution >= 4 is 26.9 Å². The van der Waals surface area contributed by atoms with E-state index in [1.807, 2.05) is 39.0 Å². The van der Waals surface area contributed by atoms with E-state index < -0.39 is 10.0 Å². The van der Waals surface area contributed by atoms with Crippen LogP contribution in [0.2, 0.25) is 0 Å². The minimum Gasteiger partial charge on any atom is -0.466 e. The molecule has 1 fully saturated rings. The molecule has 146 valence electrons. The molecule has 0 N–H and O–H groups in total. The normalized spacial score (nSPS) is 21.6. The van der Waals surface area contributed by atoms with Gasteiger partial charge >= 0.3 is 5.97 Å². The van der Waals surface area contributed by atoms with Gasteiger partial charge in [-0.2, -0.15) is 0 Å². The number of carbonyl (C=O) groups excluding carboxylic acids is 1. The predicted octanol–water partition coefficient (Wildman–Crippen LogP) is 4.10. The van der Waals surface area contributed by atoms with Gasteiger partial charge in [0.15, 0.2) is 0 Å². The third-order valence-corrected chi connectivity index (χ3v) is 7.28. The second-order valence-electron chi connectivity index (χ2n) is 7.41. The van der Waals surface area contributed by atoms with Crippen LogP contribution in [0.25, 0.3) is 10.9 Å². The number of aromatic nitrogens is 1. The van der Waals surface area contributed by atoms with E-state index in [1.54, 1.807) is 36.5 Å². The summed E-state index contributed by atoms with van der Waals surface area (Å²) >= 11 is 0. The molecule has 1 saturated carbocycles. The Morgan fingerprint density at radius 1 is 1.11 bits per heavy atom. The molecule has 6 heteroatoms. The molecule has 3 aromatic rings. The molecular weight excluding hydrogens is 374 g/mol. The van der Waals surface area contributed by atoms with Gasteiger partial charge in [-0.25, -0.2) is 12.4 Å². The highest BCUT2D eigenvalue weighted by Gasteiger charge is 2.53. The lowest BCUT2D eigenvalue weighted by Gasteiger charge is -2.09. The van der Waals surface area contributed by atoms with Crippen LogP contribution < -0.4 is 0 Å². The molecule has 0 spiro atoms. The molecule has 0 aliphatic heterocycles. The van der Waals surface area contributed by atoms with Gasteiger partial charge in [-0.15, -0.1) is 0 Å². The Morgan fingerprint density at radius 3 is 2.50 bits per heavy atom. The van der Waals surface area contributed by atoms with E-state index in [1.165, 1.54) is 3.97 Å². The Balaban J connectivity index is 1.68. The smallest absolute Gasteiger partial charge is 0.309 e. The third kappa shape index (κ3) is 3.02. The van der Waals surface area contributed by atoms with Crippen molar-refractivity contribution in [1.82, 2.24) is 3.97 Å². The van der Waals surface area contributed by atoms with Crippen molar-refractivity contribution < 1.29 is 17.9 Å². The van der Waals surface area contributed by atoms with Crippen molar-refractivity contribution in [3.05, 3.63) is 65.9 Å². The molecule has 2 aromatic carbocycles. The maximum atomic E-state index is 13.0. The minimum atomic E-state index is -3.66. The molecular formula is C22H23NO4S. The molecule has 0 bridgehead atoms. The average Bonchev–Trinajstić information content (AvgIpc) is 3.15. The Labute approximate surface area is 165 Å². The number of benzene rings is 2. The molecule has 1 heterocycles. The number of nitrogens with zero attached hydrogens (tertiary/aromatic N) is 1. The molecule has 1 aliphatic rings. The quantitative estimate of drug-likeness (QED) is 0.608. The number of rotatable bonds is 5. The number of carbonyl (C=O) groups is 1. The standard InChI is InChI=1S/C22H23NO4S/c1-4-27-22(24)21-15(3)20(21)17-7-10-19-16(13-17)11-12-23(19)28(25,26)18-8-5-14(2)6-9-18/h5-13,15,20-21H,4H2,1-3H3. The van der Waals surface area contributed by atoms with Crippen LogP contribution in [0.5, 0.6) is 0 Å². The van der Waals surface area contributed by atoms with Crippen molar-refractivity contribution in [2.24, 2.45) is 11.8 Å². The summed E-state index contributed by atoms with van der Waals surface area (Å²) in [5.41, 5.74) is 2.68. The van der Waals surface area contributed by atoms with E-state index in [-0.39, 0.29) is 28.6 Å². The lowest BCUT2D eigenvalue weighted by molar-refractivity contribution is -0.145. The summed E-state index contributed by atoms with van der Waals surface area (Å²) < 4.78 is 32.5. The SMILES string of the molecule is CCOC(=O)C1C(C)C1c1ccc2c(ccn2S(=O)(=O)c2ccc(C)cc2)c1. The van der Waals surface area contributed by atoms with Crippen LogP contribution in [-0.4, -0.2) is 25.0 Å². The first-order valence-electron chi connectivity index (χ1n) is 9.44. The first-order valence-corrected chi connectivity index (χ1v) is 10.9. The Kier molecular flexibility index (Phi) is 4.54. The first-order chi connectivity index (χ1) is 13.3. The topological polar surface area (TPSA) is 65.4 Å². The molecule has 5 nitrogen and oxygen atoms in total. The molecule has 0 saturated heterocycles. The maximum absolute atomic E-state index is 13.0. The van der Waals surface area contributed by atoms with Crippen LogP contribution in [0.15, 0.2) is 59.6 Å². The molecule has 1 aliphatic carbocycles. The summed E-state index contributed by atoms with van der Waals surface area (Å²) in [4.78, 5) is 12.3. The minimum absolute atomic E-state index is 0.115. The highest BCUT2D eigenvalue weighted by molar-refractivity contribution is 7.90. The van der Waals surface area contributed by atoms with Crippen molar-refractivity contribution in [3.63, 3.8) is 0 Å². The lowest BCUT2D eigenvalue weighted by Crippen LogP contribution is -2.11. The van der Waals surface area contributed by atoms with Gasteiger partial charge in [-0.3, -0.25) is 4.79 Å². The van der Waals surface area contributed by atoms with Gasteiger partial charge in [0.05, 0.1) is 22.9 Å². The second-order valence-corrected chi connectivity index (χ2v) is 9.23. The van der Waals surface area contributed by atoms with Crippen LogP contribution in [0.1, 0.15) is 30.9 Å². The fourth-order valence-electron chi connectivity index (χ4n) is 3.95. The molecule has 3 atom stereocenters. The highest BCUT2D eigenvalue weighted by Crippen LogP contribution is 2.54. The van der Waals surface area contributed by atoms with Crippen molar-refractivity contribution in [2.75, 3.05) is 6.61 Å². The van der Waals surface area contributed by atoms with E-state index in [0.29, 0.717) is 12.1 Å². The fourth-order valence-corrected chi connectivity index (χ4v) is 5.30.